The van der Waals surface area contributed by atoms with Gasteiger partial charge in [0.2, 0.25) is 5.91 Å². The number of hydrogen-bond donors (Lipinski definition) is 1. The molecule has 0 spiro atoms. The third-order valence-electron chi connectivity index (χ3n) is 4.97. The van der Waals surface area contributed by atoms with Crippen LogP contribution in [0.25, 0.3) is 0 Å². The molecule has 3 aromatic carbocycles. The van der Waals surface area contributed by atoms with Crippen molar-refractivity contribution in [2.24, 2.45) is 0 Å². The van der Waals surface area contributed by atoms with Gasteiger partial charge in [0, 0.05) is 24.2 Å². The number of rotatable bonds is 9. The molecule has 0 aliphatic rings. The van der Waals surface area contributed by atoms with Crippen LogP contribution in [0.15, 0.2) is 72.8 Å². The Morgan fingerprint density at radius 2 is 1.58 bits per heavy atom. The topological polar surface area (TPSA) is 66.8 Å². The first-order valence-corrected chi connectivity index (χ1v) is 10.0. The number of likely N-dealkylation sites (N-methyl/N-ethyl adjacent to an activating group) is 1. The summed E-state index contributed by atoms with van der Waals surface area (Å²) in [5.41, 5.74) is 2.10. The SMILES string of the molecule is CCN(Cc1ccccc1F)C(=O)Cc1ccc(OCc2ccccc2C(=O)O)cc1. The van der Waals surface area contributed by atoms with Crippen LogP contribution in [-0.4, -0.2) is 28.4 Å². The van der Waals surface area contributed by atoms with Crippen LogP contribution in [0.1, 0.15) is 34.0 Å². The molecule has 0 bridgehead atoms. The molecule has 0 aliphatic heterocycles. The van der Waals surface area contributed by atoms with E-state index in [1.165, 1.54) is 12.1 Å². The quantitative estimate of drug-likeness (QED) is 0.544. The van der Waals surface area contributed by atoms with Crippen LogP contribution >= 0.6 is 0 Å². The maximum absolute atomic E-state index is 13.9. The number of aromatic carboxylic acids is 1. The molecule has 0 radical (unpaired) electrons. The minimum atomic E-state index is -0.996. The number of amides is 1. The van der Waals surface area contributed by atoms with Gasteiger partial charge in [0.15, 0.2) is 0 Å². The first-order chi connectivity index (χ1) is 15.0. The molecule has 0 unspecified atom stereocenters. The van der Waals surface area contributed by atoms with E-state index < -0.39 is 5.97 Å². The smallest absolute Gasteiger partial charge is 0.336 e. The number of carboxylic acid groups (broad SMARTS) is 1. The van der Waals surface area contributed by atoms with Crippen LogP contribution in [0.2, 0.25) is 0 Å². The molecule has 160 valence electrons. The van der Waals surface area contributed by atoms with Gasteiger partial charge in [0.1, 0.15) is 18.2 Å². The van der Waals surface area contributed by atoms with E-state index >= 15 is 0 Å². The van der Waals surface area contributed by atoms with Gasteiger partial charge < -0.3 is 14.7 Å². The van der Waals surface area contributed by atoms with E-state index in [2.05, 4.69) is 0 Å². The lowest BCUT2D eigenvalue weighted by Crippen LogP contribution is -2.31. The highest BCUT2D eigenvalue weighted by molar-refractivity contribution is 5.89. The van der Waals surface area contributed by atoms with Gasteiger partial charge in [-0.1, -0.05) is 48.5 Å². The van der Waals surface area contributed by atoms with Crippen molar-refractivity contribution in [3.8, 4) is 5.75 Å². The van der Waals surface area contributed by atoms with Gasteiger partial charge in [0.05, 0.1) is 12.0 Å². The molecule has 3 rings (SSSR count). The second kappa shape index (κ2) is 10.4. The Bertz CT molecular complexity index is 1050. The lowest BCUT2D eigenvalue weighted by Gasteiger charge is -2.21. The zero-order valence-electron chi connectivity index (χ0n) is 17.3. The van der Waals surface area contributed by atoms with Crippen LogP contribution < -0.4 is 4.74 Å². The lowest BCUT2D eigenvalue weighted by atomic mass is 10.1. The Morgan fingerprint density at radius 3 is 2.23 bits per heavy atom. The molecule has 0 aromatic heterocycles. The second-order valence-electron chi connectivity index (χ2n) is 7.07. The minimum Gasteiger partial charge on any atom is -0.489 e. The Hall–Kier alpha value is -3.67. The first-order valence-electron chi connectivity index (χ1n) is 10.0. The maximum atomic E-state index is 13.9. The molecular weight excluding hydrogens is 397 g/mol. The molecule has 31 heavy (non-hydrogen) atoms. The number of carbonyl (C=O) groups is 2. The van der Waals surface area contributed by atoms with Crippen molar-refractivity contribution in [2.75, 3.05) is 6.54 Å². The number of halogens is 1. The average Bonchev–Trinajstić information content (AvgIpc) is 2.78. The van der Waals surface area contributed by atoms with Crippen molar-refractivity contribution in [3.63, 3.8) is 0 Å². The summed E-state index contributed by atoms with van der Waals surface area (Å²) >= 11 is 0. The fraction of sp³-hybridized carbons (Fsp3) is 0.200. The van der Waals surface area contributed by atoms with E-state index in [4.69, 9.17) is 4.74 Å². The Kier molecular flexibility index (Phi) is 7.38. The third-order valence-corrected chi connectivity index (χ3v) is 4.97. The standard InChI is InChI=1S/C25H24FNO4/c1-2-27(16-19-7-4-6-10-23(19)26)24(28)15-18-11-13-21(14-12-18)31-17-20-8-3-5-9-22(20)25(29)30/h3-14H,2,15-17H2,1H3,(H,29,30). The molecular formula is C25H24FNO4. The summed E-state index contributed by atoms with van der Waals surface area (Å²) in [5, 5.41) is 9.24. The Balaban J connectivity index is 1.59. The number of benzene rings is 3. The van der Waals surface area contributed by atoms with E-state index in [0.29, 0.717) is 23.4 Å². The van der Waals surface area contributed by atoms with Crippen molar-refractivity contribution in [3.05, 3.63) is 101 Å². The van der Waals surface area contributed by atoms with Crippen LogP contribution in [0.4, 0.5) is 4.39 Å². The molecule has 0 aliphatic carbocycles. The van der Waals surface area contributed by atoms with Crippen LogP contribution in [0.5, 0.6) is 5.75 Å². The van der Waals surface area contributed by atoms with E-state index in [9.17, 15) is 19.1 Å². The fourth-order valence-corrected chi connectivity index (χ4v) is 3.21. The Labute approximate surface area is 180 Å². The van der Waals surface area contributed by atoms with Crippen molar-refractivity contribution >= 4 is 11.9 Å². The summed E-state index contributed by atoms with van der Waals surface area (Å²) in [4.78, 5) is 25.6. The van der Waals surface area contributed by atoms with E-state index in [0.717, 1.165) is 5.56 Å². The molecule has 0 fully saturated rings. The van der Waals surface area contributed by atoms with Gasteiger partial charge in [0.25, 0.3) is 0 Å². The second-order valence-corrected chi connectivity index (χ2v) is 7.07. The predicted molar refractivity (Wildman–Crippen MR) is 115 cm³/mol. The largest absolute Gasteiger partial charge is 0.489 e. The highest BCUT2D eigenvalue weighted by Crippen LogP contribution is 2.18. The molecule has 5 nitrogen and oxygen atoms in total. The molecule has 0 saturated heterocycles. The summed E-state index contributed by atoms with van der Waals surface area (Å²) in [6.45, 7) is 2.71. The lowest BCUT2D eigenvalue weighted by molar-refractivity contribution is -0.130. The van der Waals surface area contributed by atoms with Crippen molar-refractivity contribution < 1.29 is 23.8 Å². The normalized spacial score (nSPS) is 10.5. The van der Waals surface area contributed by atoms with Gasteiger partial charge in [-0.05, 0) is 36.8 Å². The summed E-state index contributed by atoms with van der Waals surface area (Å²) in [5.74, 6) is -0.825. The summed E-state index contributed by atoms with van der Waals surface area (Å²) < 4.78 is 19.6. The number of ether oxygens (including phenoxy) is 1. The van der Waals surface area contributed by atoms with Gasteiger partial charge in [-0.25, -0.2) is 9.18 Å². The average molecular weight is 421 g/mol. The van der Waals surface area contributed by atoms with Crippen LogP contribution in [-0.2, 0) is 24.4 Å². The summed E-state index contributed by atoms with van der Waals surface area (Å²) in [6.07, 6.45) is 0.199. The molecule has 6 heteroatoms. The monoisotopic (exact) mass is 421 g/mol. The molecule has 1 N–H and O–H groups in total. The fourth-order valence-electron chi connectivity index (χ4n) is 3.21. The molecule has 0 saturated carbocycles. The van der Waals surface area contributed by atoms with E-state index in [-0.39, 0.29) is 36.9 Å². The maximum Gasteiger partial charge on any atom is 0.336 e. The summed E-state index contributed by atoms with van der Waals surface area (Å²) in [6, 6.07) is 20.2. The molecule has 0 heterocycles. The Morgan fingerprint density at radius 1 is 0.935 bits per heavy atom. The molecule has 1 amide bonds. The number of carbonyl (C=O) groups excluding carboxylic acids is 1. The van der Waals surface area contributed by atoms with Gasteiger partial charge in [-0.15, -0.1) is 0 Å². The van der Waals surface area contributed by atoms with Gasteiger partial charge >= 0.3 is 5.97 Å². The van der Waals surface area contributed by atoms with E-state index in [1.54, 1.807) is 65.6 Å². The zero-order valence-corrected chi connectivity index (χ0v) is 17.3. The van der Waals surface area contributed by atoms with Crippen LogP contribution in [0.3, 0.4) is 0 Å². The van der Waals surface area contributed by atoms with Gasteiger partial charge in [-0.2, -0.15) is 0 Å². The number of carboxylic acids is 1. The van der Waals surface area contributed by atoms with Crippen molar-refractivity contribution in [1.82, 2.24) is 4.90 Å². The third kappa shape index (κ3) is 5.92. The minimum absolute atomic E-state index is 0.0881. The zero-order chi connectivity index (χ0) is 22.2. The molecule has 0 atom stereocenters. The number of nitrogens with zero attached hydrogens (tertiary/aromatic N) is 1. The van der Waals surface area contributed by atoms with Gasteiger partial charge in [-0.3, -0.25) is 4.79 Å². The first kappa shape index (κ1) is 22.0. The highest BCUT2D eigenvalue weighted by Gasteiger charge is 2.15. The number of hydrogen-bond acceptors (Lipinski definition) is 3. The van der Waals surface area contributed by atoms with Crippen molar-refractivity contribution in [1.29, 1.82) is 0 Å². The van der Waals surface area contributed by atoms with Crippen LogP contribution in [0, 0.1) is 5.82 Å². The van der Waals surface area contributed by atoms with E-state index in [1.807, 2.05) is 6.92 Å². The molecule has 3 aromatic rings. The summed E-state index contributed by atoms with van der Waals surface area (Å²) in [7, 11) is 0. The van der Waals surface area contributed by atoms with Crippen molar-refractivity contribution in [2.45, 2.75) is 26.5 Å². The highest BCUT2D eigenvalue weighted by atomic mass is 19.1. The predicted octanol–water partition coefficient (Wildman–Crippen LogP) is 4.69.